The Morgan fingerprint density at radius 2 is 2.09 bits per heavy atom. The summed E-state index contributed by atoms with van der Waals surface area (Å²) in [5.74, 6) is 2.08. The Morgan fingerprint density at radius 1 is 1.31 bits per heavy atom. The lowest BCUT2D eigenvalue weighted by atomic mass is 9.90. The summed E-state index contributed by atoms with van der Waals surface area (Å²) in [6.07, 6.45) is 4.76. The van der Waals surface area contributed by atoms with Crippen LogP contribution in [0.2, 0.25) is 0 Å². The Morgan fingerprint density at radius 3 is 2.86 bits per heavy atom. The number of H-pyrrole nitrogens is 1. The van der Waals surface area contributed by atoms with Crippen molar-refractivity contribution in [3.8, 4) is 11.5 Å². The number of aromatic amines is 1. The Labute approximate surface area is 216 Å². The summed E-state index contributed by atoms with van der Waals surface area (Å²) in [6, 6.07) is 3.81. The maximum atomic E-state index is 12.7. The van der Waals surface area contributed by atoms with E-state index in [-0.39, 0.29) is 23.6 Å². The fraction of sp³-hybridized carbons (Fsp3) is 0.500. The molecule has 35 heavy (non-hydrogen) atoms. The highest BCUT2D eigenvalue weighted by atomic mass is 79.9. The number of halogens is 1. The molecular formula is C24H29BrN6O3S. The van der Waals surface area contributed by atoms with Gasteiger partial charge in [0.05, 0.1) is 6.33 Å². The van der Waals surface area contributed by atoms with Crippen LogP contribution in [0.15, 0.2) is 33.0 Å². The van der Waals surface area contributed by atoms with Crippen LogP contribution in [-0.4, -0.2) is 50.2 Å². The second-order valence-corrected chi connectivity index (χ2v) is 11.9. The van der Waals surface area contributed by atoms with Crippen molar-refractivity contribution in [3.05, 3.63) is 28.4 Å². The summed E-state index contributed by atoms with van der Waals surface area (Å²) in [5.41, 5.74) is 1.13. The Bertz CT molecular complexity index is 1330. The SMILES string of the molecule is CC(C)(C)C(=O)N1CCCC(CCn2cnc(=N)c3[nH]c(Sc4cc5c(cc4Br)OCO5)nc32)C1. The van der Waals surface area contributed by atoms with Gasteiger partial charge >= 0.3 is 0 Å². The van der Waals surface area contributed by atoms with Gasteiger partial charge in [-0.15, -0.1) is 0 Å². The zero-order chi connectivity index (χ0) is 24.7. The van der Waals surface area contributed by atoms with Crippen molar-refractivity contribution in [3.63, 3.8) is 0 Å². The molecule has 1 saturated heterocycles. The minimum Gasteiger partial charge on any atom is -0.454 e. The van der Waals surface area contributed by atoms with Gasteiger partial charge in [-0.3, -0.25) is 10.2 Å². The van der Waals surface area contributed by atoms with Gasteiger partial charge < -0.3 is 23.9 Å². The third kappa shape index (κ3) is 5.06. The van der Waals surface area contributed by atoms with Crippen molar-refractivity contribution in [2.24, 2.45) is 11.3 Å². The molecule has 5 rings (SSSR count). The molecule has 1 unspecified atom stereocenters. The Kier molecular flexibility index (Phi) is 6.56. The molecule has 1 amide bonds. The molecule has 11 heteroatoms. The Hall–Kier alpha value is -2.53. The van der Waals surface area contributed by atoms with Gasteiger partial charge in [0.1, 0.15) is 5.52 Å². The first-order valence-corrected chi connectivity index (χ1v) is 13.4. The van der Waals surface area contributed by atoms with Gasteiger partial charge in [0.25, 0.3) is 0 Å². The second kappa shape index (κ2) is 9.50. The number of hydrogen-bond acceptors (Lipinski definition) is 7. The van der Waals surface area contributed by atoms with Gasteiger partial charge in [-0.1, -0.05) is 32.5 Å². The summed E-state index contributed by atoms with van der Waals surface area (Å²) in [6.45, 7) is 8.53. The highest BCUT2D eigenvalue weighted by Crippen LogP contribution is 2.42. The van der Waals surface area contributed by atoms with Crippen molar-refractivity contribution in [1.82, 2.24) is 24.4 Å². The number of rotatable bonds is 5. The van der Waals surface area contributed by atoms with E-state index in [1.165, 1.54) is 11.8 Å². The molecule has 2 aliphatic heterocycles. The lowest BCUT2D eigenvalue weighted by Gasteiger charge is -2.36. The number of ether oxygens (including phenoxy) is 2. The second-order valence-electron chi connectivity index (χ2n) is 10.1. The molecule has 1 atom stereocenters. The number of aryl methyl sites for hydroxylation is 1. The largest absolute Gasteiger partial charge is 0.454 e. The molecule has 3 aromatic rings. The molecular weight excluding hydrogens is 532 g/mol. The zero-order valence-electron chi connectivity index (χ0n) is 20.1. The van der Waals surface area contributed by atoms with Gasteiger partial charge in [0.2, 0.25) is 12.7 Å². The number of nitrogens with zero attached hydrogens (tertiary/aromatic N) is 4. The molecule has 9 nitrogen and oxygen atoms in total. The molecule has 1 fully saturated rings. The first kappa shape index (κ1) is 24.2. The third-order valence-electron chi connectivity index (χ3n) is 6.36. The first-order valence-electron chi connectivity index (χ1n) is 11.7. The molecule has 0 saturated carbocycles. The summed E-state index contributed by atoms with van der Waals surface area (Å²) >= 11 is 5.05. The minimum absolute atomic E-state index is 0.167. The standard InChI is InChI=1S/C24H29BrN6O3S/c1-24(2,3)22(32)30-7-4-5-14(11-30)6-8-31-12-27-20(26)19-21(31)29-23(28-19)35-18-10-17-16(9-15(18)25)33-13-34-17/h9-10,12,14,26H,4-8,11,13H2,1-3H3,(H,28,29). The maximum absolute atomic E-state index is 12.7. The predicted octanol–water partition coefficient (Wildman–Crippen LogP) is 4.56. The molecule has 0 spiro atoms. The molecule has 0 bridgehead atoms. The molecule has 2 aromatic heterocycles. The minimum atomic E-state index is -0.354. The van der Waals surface area contributed by atoms with Crippen LogP contribution in [-0.2, 0) is 11.3 Å². The van der Waals surface area contributed by atoms with Crippen molar-refractivity contribution in [2.75, 3.05) is 19.9 Å². The van der Waals surface area contributed by atoms with E-state index in [2.05, 4.69) is 25.9 Å². The van der Waals surface area contributed by atoms with E-state index in [1.807, 2.05) is 42.4 Å². The van der Waals surface area contributed by atoms with E-state index in [0.29, 0.717) is 33.7 Å². The maximum Gasteiger partial charge on any atom is 0.231 e. The molecule has 0 aliphatic carbocycles. The lowest BCUT2D eigenvalue weighted by molar-refractivity contribution is -0.141. The Balaban J connectivity index is 1.32. The highest BCUT2D eigenvalue weighted by Gasteiger charge is 2.31. The topological polar surface area (TPSA) is 109 Å². The number of hydrogen-bond donors (Lipinski definition) is 2. The van der Waals surface area contributed by atoms with E-state index >= 15 is 0 Å². The van der Waals surface area contributed by atoms with Crippen molar-refractivity contribution >= 4 is 44.8 Å². The number of aromatic nitrogens is 4. The average molecular weight is 562 g/mol. The fourth-order valence-corrected chi connectivity index (χ4v) is 5.92. The van der Waals surface area contributed by atoms with E-state index in [9.17, 15) is 4.79 Å². The van der Waals surface area contributed by atoms with E-state index in [0.717, 1.165) is 48.3 Å². The summed E-state index contributed by atoms with van der Waals surface area (Å²) in [7, 11) is 0. The van der Waals surface area contributed by atoms with Crippen LogP contribution in [0.1, 0.15) is 40.0 Å². The van der Waals surface area contributed by atoms with Crippen LogP contribution >= 0.6 is 27.7 Å². The highest BCUT2D eigenvalue weighted by molar-refractivity contribution is 9.10. The number of nitrogens with one attached hydrogen (secondary N) is 2. The predicted molar refractivity (Wildman–Crippen MR) is 135 cm³/mol. The van der Waals surface area contributed by atoms with E-state index < -0.39 is 0 Å². The average Bonchev–Trinajstić information content (AvgIpc) is 3.45. The quantitative estimate of drug-likeness (QED) is 0.473. The lowest BCUT2D eigenvalue weighted by Crippen LogP contribution is -2.45. The van der Waals surface area contributed by atoms with Crippen molar-refractivity contribution in [2.45, 2.75) is 56.6 Å². The van der Waals surface area contributed by atoms with E-state index in [1.54, 1.807) is 6.33 Å². The van der Waals surface area contributed by atoms with Crippen LogP contribution in [0.25, 0.3) is 11.2 Å². The van der Waals surface area contributed by atoms with E-state index in [4.69, 9.17) is 19.9 Å². The number of likely N-dealkylation sites (tertiary alicyclic amines) is 1. The van der Waals surface area contributed by atoms with Crippen molar-refractivity contribution < 1.29 is 14.3 Å². The fourth-order valence-electron chi connectivity index (χ4n) is 4.54. The molecule has 0 radical (unpaired) electrons. The van der Waals surface area contributed by atoms with Gasteiger partial charge in [-0.25, -0.2) is 9.97 Å². The number of fused-ring (bicyclic) bond motifs is 2. The zero-order valence-corrected chi connectivity index (χ0v) is 22.5. The first-order chi connectivity index (χ1) is 16.7. The molecule has 1 aromatic carbocycles. The molecule has 2 aliphatic rings. The summed E-state index contributed by atoms with van der Waals surface area (Å²) < 4.78 is 13.8. The third-order valence-corrected chi connectivity index (χ3v) is 8.22. The number of amides is 1. The van der Waals surface area contributed by atoms with Crippen LogP contribution in [0, 0.1) is 16.7 Å². The summed E-state index contributed by atoms with van der Waals surface area (Å²) in [5, 5.41) is 8.94. The number of piperidine rings is 1. The number of carbonyl (C=O) groups is 1. The molecule has 2 N–H and O–H groups in total. The number of imidazole rings is 1. The normalized spacial score (nSPS) is 17.8. The van der Waals surface area contributed by atoms with Crippen LogP contribution in [0.4, 0.5) is 0 Å². The number of carbonyl (C=O) groups excluding carboxylic acids is 1. The van der Waals surface area contributed by atoms with Gasteiger partial charge in [-0.2, -0.15) is 0 Å². The van der Waals surface area contributed by atoms with Crippen molar-refractivity contribution in [1.29, 1.82) is 5.41 Å². The number of benzene rings is 1. The smallest absolute Gasteiger partial charge is 0.231 e. The molecule has 186 valence electrons. The van der Waals surface area contributed by atoms with Gasteiger partial charge in [-0.05, 0) is 53.2 Å². The molecule has 4 heterocycles. The monoisotopic (exact) mass is 560 g/mol. The van der Waals surface area contributed by atoms with Crippen LogP contribution in [0.3, 0.4) is 0 Å². The summed E-state index contributed by atoms with van der Waals surface area (Å²) in [4.78, 5) is 28.0. The van der Waals surface area contributed by atoms with Crippen LogP contribution < -0.4 is 15.0 Å². The van der Waals surface area contributed by atoms with Gasteiger partial charge in [0, 0.05) is 34.4 Å². The van der Waals surface area contributed by atoms with Gasteiger partial charge in [0.15, 0.2) is 27.8 Å². The van der Waals surface area contributed by atoms with Crippen LogP contribution in [0.5, 0.6) is 11.5 Å².